The third-order valence-electron chi connectivity index (χ3n) is 4.26. The molecule has 1 saturated carbocycles. The van der Waals surface area contributed by atoms with E-state index in [4.69, 9.17) is 0 Å². The van der Waals surface area contributed by atoms with Crippen molar-refractivity contribution in [3.63, 3.8) is 0 Å². The number of hydrogen-bond donors (Lipinski definition) is 1. The second kappa shape index (κ2) is 5.88. The van der Waals surface area contributed by atoms with E-state index in [0.717, 1.165) is 22.9 Å². The lowest BCUT2D eigenvalue weighted by molar-refractivity contribution is 0.356. The molecule has 0 aliphatic heterocycles. The summed E-state index contributed by atoms with van der Waals surface area (Å²) in [5, 5.41) is 3.37. The summed E-state index contributed by atoms with van der Waals surface area (Å²) in [6.07, 6.45) is 8.47. The Balaban J connectivity index is 1.87. The Bertz CT molecular complexity index is 627. The topological polar surface area (TPSA) is 29.9 Å². The molecule has 1 aromatic carbocycles. The van der Waals surface area contributed by atoms with Gasteiger partial charge in [-0.3, -0.25) is 0 Å². The Morgan fingerprint density at radius 2 is 1.95 bits per heavy atom. The number of nitrogens with zero attached hydrogens (tertiary/aromatic N) is 2. The summed E-state index contributed by atoms with van der Waals surface area (Å²) in [5.74, 6) is 0.666. The van der Waals surface area contributed by atoms with Crippen LogP contribution in [0.3, 0.4) is 0 Å². The maximum Gasteiger partial charge on any atom is 0.207 e. The first kappa shape index (κ1) is 14.1. The van der Waals surface area contributed by atoms with Gasteiger partial charge in [0.05, 0.1) is 5.69 Å². The van der Waals surface area contributed by atoms with E-state index < -0.39 is 0 Å². The number of nitrogens with one attached hydrogen (secondary N) is 1. The number of aryl methyl sites for hydroxylation is 2. The smallest absolute Gasteiger partial charge is 0.207 e. The van der Waals surface area contributed by atoms with Gasteiger partial charge in [-0.25, -0.2) is 9.37 Å². The molecule has 0 amide bonds. The molecule has 3 rings (SSSR count). The van der Waals surface area contributed by atoms with Crippen LogP contribution < -0.4 is 5.32 Å². The fraction of sp³-hybridized carbons (Fsp3) is 0.471. The van der Waals surface area contributed by atoms with Gasteiger partial charge in [-0.15, -0.1) is 0 Å². The van der Waals surface area contributed by atoms with Crippen LogP contribution in [0.1, 0.15) is 49.4 Å². The van der Waals surface area contributed by atoms with Crippen LogP contribution in [0, 0.1) is 19.7 Å². The normalized spacial score (nSPS) is 16.1. The van der Waals surface area contributed by atoms with Crippen molar-refractivity contribution in [2.45, 2.75) is 52.0 Å². The average Bonchev–Trinajstić information content (AvgIpc) is 2.84. The summed E-state index contributed by atoms with van der Waals surface area (Å²) in [5.41, 5.74) is 2.83. The van der Waals surface area contributed by atoms with Crippen molar-refractivity contribution in [2.75, 3.05) is 5.32 Å². The van der Waals surface area contributed by atoms with Gasteiger partial charge in [-0.05, 0) is 50.5 Å². The van der Waals surface area contributed by atoms with Crippen LogP contribution >= 0.6 is 0 Å². The molecule has 1 heterocycles. The van der Waals surface area contributed by atoms with E-state index in [1.54, 1.807) is 12.1 Å². The molecule has 1 aliphatic rings. The number of benzene rings is 1. The fourth-order valence-corrected chi connectivity index (χ4v) is 3.13. The number of aromatic nitrogens is 2. The fourth-order valence-electron chi connectivity index (χ4n) is 3.13. The molecule has 0 unspecified atom stereocenters. The number of rotatable bonds is 3. The molecule has 21 heavy (non-hydrogen) atoms. The minimum atomic E-state index is -0.204. The van der Waals surface area contributed by atoms with Gasteiger partial charge in [0.15, 0.2) is 0 Å². The van der Waals surface area contributed by atoms with Crippen molar-refractivity contribution in [2.24, 2.45) is 0 Å². The van der Waals surface area contributed by atoms with E-state index in [9.17, 15) is 4.39 Å². The van der Waals surface area contributed by atoms with E-state index in [1.165, 1.54) is 38.2 Å². The van der Waals surface area contributed by atoms with Crippen molar-refractivity contribution >= 4 is 11.6 Å². The molecule has 2 aromatic rings. The van der Waals surface area contributed by atoms with Crippen LogP contribution in [0.2, 0.25) is 0 Å². The lowest BCUT2D eigenvalue weighted by Crippen LogP contribution is -2.14. The minimum Gasteiger partial charge on any atom is -0.325 e. The molecule has 3 nitrogen and oxygen atoms in total. The van der Waals surface area contributed by atoms with Crippen molar-refractivity contribution in [1.29, 1.82) is 0 Å². The van der Waals surface area contributed by atoms with E-state index >= 15 is 0 Å². The molecule has 0 saturated heterocycles. The molecule has 1 fully saturated rings. The molecular weight excluding hydrogens is 265 g/mol. The first-order valence-electron chi connectivity index (χ1n) is 7.72. The van der Waals surface area contributed by atoms with Gasteiger partial charge < -0.3 is 9.88 Å². The molecule has 0 atom stereocenters. The van der Waals surface area contributed by atoms with Gasteiger partial charge in [0.2, 0.25) is 5.95 Å². The second-order valence-electron chi connectivity index (χ2n) is 5.99. The molecule has 0 bridgehead atoms. The zero-order valence-electron chi connectivity index (χ0n) is 12.7. The first-order chi connectivity index (χ1) is 10.1. The predicted octanol–water partition coefficient (Wildman–Crippen LogP) is 4.89. The molecule has 0 spiro atoms. The van der Waals surface area contributed by atoms with Gasteiger partial charge >= 0.3 is 0 Å². The van der Waals surface area contributed by atoms with Crippen LogP contribution in [-0.2, 0) is 0 Å². The quantitative estimate of drug-likeness (QED) is 0.871. The summed E-state index contributed by atoms with van der Waals surface area (Å²) >= 11 is 0. The summed E-state index contributed by atoms with van der Waals surface area (Å²) in [6.45, 7) is 3.92. The van der Waals surface area contributed by atoms with Crippen molar-refractivity contribution in [3.05, 3.63) is 41.5 Å². The van der Waals surface area contributed by atoms with Crippen molar-refractivity contribution < 1.29 is 4.39 Å². The molecule has 4 heteroatoms. The van der Waals surface area contributed by atoms with Crippen LogP contribution in [-0.4, -0.2) is 9.55 Å². The highest BCUT2D eigenvalue weighted by atomic mass is 19.1. The third kappa shape index (κ3) is 3.09. The highest BCUT2D eigenvalue weighted by molar-refractivity contribution is 5.58. The monoisotopic (exact) mass is 287 g/mol. The number of halogens is 1. The van der Waals surface area contributed by atoms with E-state index in [1.807, 2.05) is 13.8 Å². The van der Waals surface area contributed by atoms with E-state index in [-0.39, 0.29) is 5.82 Å². The molecule has 0 radical (unpaired) electrons. The zero-order valence-corrected chi connectivity index (χ0v) is 12.7. The molecule has 1 aliphatic carbocycles. The maximum atomic E-state index is 13.2. The third-order valence-corrected chi connectivity index (χ3v) is 4.26. The Morgan fingerprint density at radius 1 is 1.19 bits per heavy atom. The van der Waals surface area contributed by atoms with Gasteiger partial charge in [0.25, 0.3) is 0 Å². The summed E-state index contributed by atoms with van der Waals surface area (Å²) in [7, 11) is 0. The van der Waals surface area contributed by atoms with E-state index in [2.05, 4.69) is 21.1 Å². The Kier molecular flexibility index (Phi) is 3.95. The zero-order chi connectivity index (χ0) is 14.8. The SMILES string of the molecule is Cc1cn(C2CCCCC2)c(Nc2ccc(F)cc2C)n1. The number of anilines is 2. The molecule has 1 aromatic heterocycles. The average molecular weight is 287 g/mol. The minimum absolute atomic E-state index is 0.204. The lowest BCUT2D eigenvalue weighted by Gasteiger charge is -2.25. The van der Waals surface area contributed by atoms with Gasteiger partial charge in [-0.1, -0.05) is 19.3 Å². The lowest BCUT2D eigenvalue weighted by atomic mass is 9.95. The van der Waals surface area contributed by atoms with E-state index in [0.29, 0.717) is 6.04 Å². The van der Waals surface area contributed by atoms with Crippen LogP contribution in [0.4, 0.5) is 16.0 Å². The molecule has 1 N–H and O–H groups in total. The summed E-state index contributed by atoms with van der Waals surface area (Å²) in [6, 6.07) is 5.34. The number of imidazole rings is 1. The van der Waals surface area contributed by atoms with Crippen molar-refractivity contribution in [3.8, 4) is 0 Å². The molecular formula is C17H22FN3. The van der Waals surface area contributed by atoms with Crippen LogP contribution in [0.5, 0.6) is 0 Å². The largest absolute Gasteiger partial charge is 0.325 e. The summed E-state index contributed by atoms with van der Waals surface area (Å²) in [4.78, 5) is 4.60. The standard InChI is InChI=1S/C17H22FN3/c1-12-10-14(18)8-9-16(12)20-17-19-13(2)11-21(17)15-6-4-3-5-7-15/h8-11,15H,3-7H2,1-2H3,(H,19,20). The Hall–Kier alpha value is -1.84. The van der Waals surface area contributed by atoms with Crippen LogP contribution in [0.15, 0.2) is 24.4 Å². The van der Waals surface area contributed by atoms with Gasteiger partial charge in [0, 0.05) is 17.9 Å². The Labute approximate surface area is 125 Å². The number of hydrogen-bond acceptors (Lipinski definition) is 2. The predicted molar refractivity (Wildman–Crippen MR) is 83.5 cm³/mol. The highest BCUT2D eigenvalue weighted by Gasteiger charge is 2.19. The molecule has 112 valence electrons. The summed E-state index contributed by atoms with van der Waals surface area (Å²) < 4.78 is 15.5. The Morgan fingerprint density at radius 3 is 2.67 bits per heavy atom. The van der Waals surface area contributed by atoms with Crippen molar-refractivity contribution in [1.82, 2.24) is 9.55 Å². The van der Waals surface area contributed by atoms with Gasteiger partial charge in [-0.2, -0.15) is 0 Å². The highest BCUT2D eigenvalue weighted by Crippen LogP contribution is 2.32. The second-order valence-corrected chi connectivity index (χ2v) is 5.99. The van der Waals surface area contributed by atoms with Crippen LogP contribution in [0.25, 0.3) is 0 Å². The van der Waals surface area contributed by atoms with Gasteiger partial charge in [0.1, 0.15) is 5.82 Å². The maximum absolute atomic E-state index is 13.2. The first-order valence-corrected chi connectivity index (χ1v) is 7.72.